The molecule has 2 aromatic rings. The van der Waals surface area contributed by atoms with Gasteiger partial charge in [0.15, 0.2) is 0 Å². The lowest BCUT2D eigenvalue weighted by Gasteiger charge is -2.16. The molecule has 148 valence electrons. The van der Waals surface area contributed by atoms with Crippen molar-refractivity contribution in [3.05, 3.63) is 59.1 Å². The Morgan fingerprint density at radius 2 is 1.93 bits per heavy atom. The summed E-state index contributed by atoms with van der Waals surface area (Å²) in [5.74, 6) is 0.515. The van der Waals surface area contributed by atoms with Gasteiger partial charge in [-0.05, 0) is 37.3 Å². The molecule has 6 nitrogen and oxygen atoms in total. The lowest BCUT2D eigenvalue weighted by atomic mass is 10.2. The molecule has 2 aromatic carbocycles. The summed E-state index contributed by atoms with van der Waals surface area (Å²) in [7, 11) is 3.05. The standard InChI is InChI=1S/C21H23ClN2O4/c1-4-28-18-8-6-5-7-15(18)9-12-21(26)24(2)14-20(25)23-17-13-16(22)10-11-19(17)27-3/h5-13H,4,14H2,1-3H3,(H,23,25)/b12-9+. The third-order valence-corrected chi connectivity index (χ3v) is 4.05. The topological polar surface area (TPSA) is 67.9 Å². The van der Waals surface area contributed by atoms with Gasteiger partial charge in [0.05, 0.1) is 25.9 Å². The maximum Gasteiger partial charge on any atom is 0.246 e. The number of nitrogens with zero attached hydrogens (tertiary/aromatic N) is 1. The number of hydrogen-bond donors (Lipinski definition) is 1. The summed E-state index contributed by atoms with van der Waals surface area (Å²) < 4.78 is 10.7. The molecule has 0 spiro atoms. The molecule has 7 heteroatoms. The second kappa shape index (κ2) is 10.4. The van der Waals surface area contributed by atoms with Crippen LogP contribution in [0.5, 0.6) is 11.5 Å². The van der Waals surface area contributed by atoms with E-state index >= 15 is 0 Å². The van der Waals surface area contributed by atoms with Crippen LogP contribution in [-0.4, -0.2) is 44.0 Å². The smallest absolute Gasteiger partial charge is 0.246 e. The first-order valence-corrected chi connectivity index (χ1v) is 9.10. The van der Waals surface area contributed by atoms with Crippen molar-refractivity contribution in [3.63, 3.8) is 0 Å². The van der Waals surface area contributed by atoms with Crippen molar-refractivity contribution in [1.29, 1.82) is 0 Å². The quantitative estimate of drug-likeness (QED) is 0.681. The number of nitrogens with one attached hydrogen (secondary N) is 1. The molecule has 0 aliphatic heterocycles. The summed E-state index contributed by atoms with van der Waals surface area (Å²) in [5.41, 5.74) is 1.24. The molecule has 1 N–H and O–H groups in total. The number of halogens is 1. The van der Waals surface area contributed by atoms with Crippen LogP contribution in [-0.2, 0) is 9.59 Å². The number of para-hydroxylation sites is 1. The van der Waals surface area contributed by atoms with Crippen LogP contribution in [0.15, 0.2) is 48.5 Å². The average Bonchev–Trinajstić information content (AvgIpc) is 2.67. The molecule has 0 aromatic heterocycles. The molecular formula is C21H23ClN2O4. The SMILES string of the molecule is CCOc1ccccc1/C=C/C(=O)N(C)CC(=O)Nc1cc(Cl)ccc1OC. The second-order valence-corrected chi connectivity index (χ2v) is 6.33. The normalized spacial score (nSPS) is 10.6. The number of anilines is 1. The van der Waals surface area contributed by atoms with Crippen LogP contribution in [0, 0.1) is 0 Å². The van der Waals surface area contributed by atoms with E-state index in [4.69, 9.17) is 21.1 Å². The largest absolute Gasteiger partial charge is 0.495 e. The highest BCUT2D eigenvalue weighted by atomic mass is 35.5. The van der Waals surface area contributed by atoms with Crippen LogP contribution >= 0.6 is 11.6 Å². The molecule has 0 aliphatic rings. The lowest BCUT2D eigenvalue weighted by Crippen LogP contribution is -2.33. The van der Waals surface area contributed by atoms with E-state index in [1.54, 1.807) is 31.3 Å². The summed E-state index contributed by atoms with van der Waals surface area (Å²) in [5, 5.41) is 3.17. The van der Waals surface area contributed by atoms with Gasteiger partial charge in [-0.3, -0.25) is 9.59 Å². The monoisotopic (exact) mass is 402 g/mol. The van der Waals surface area contributed by atoms with E-state index in [2.05, 4.69) is 5.32 Å². The first-order chi connectivity index (χ1) is 13.4. The summed E-state index contributed by atoms with van der Waals surface area (Å²) in [6.07, 6.45) is 3.08. The molecular weight excluding hydrogens is 380 g/mol. The number of likely N-dealkylation sites (N-methyl/N-ethyl adjacent to an activating group) is 1. The highest BCUT2D eigenvalue weighted by Gasteiger charge is 2.13. The Bertz CT molecular complexity index is 867. The molecule has 0 aliphatic carbocycles. The summed E-state index contributed by atoms with van der Waals surface area (Å²) >= 11 is 5.96. The van der Waals surface area contributed by atoms with Crippen molar-refractivity contribution in [1.82, 2.24) is 4.90 Å². The molecule has 2 amide bonds. The van der Waals surface area contributed by atoms with Crippen LogP contribution in [0.1, 0.15) is 12.5 Å². The van der Waals surface area contributed by atoms with Crippen LogP contribution in [0.25, 0.3) is 6.08 Å². The Morgan fingerprint density at radius 1 is 1.18 bits per heavy atom. The van der Waals surface area contributed by atoms with E-state index < -0.39 is 0 Å². The molecule has 0 unspecified atom stereocenters. The van der Waals surface area contributed by atoms with Crippen molar-refractivity contribution in [2.75, 3.05) is 32.6 Å². The van der Waals surface area contributed by atoms with Crippen LogP contribution in [0.2, 0.25) is 5.02 Å². The highest BCUT2D eigenvalue weighted by Crippen LogP contribution is 2.27. The Morgan fingerprint density at radius 3 is 2.64 bits per heavy atom. The minimum Gasteiger partial charge on any atom is -0.495 e. The average molecular weight is 403 g/mol. The van der Waals surface area contributed by atoms with Gasteiger partial charge in [0.1, 0.15) is 11.5 Å². The zero-order valence-corrected chi connectivity index (χ0v) is 16.8. The fourth-order valence-corrected chi connectivity index (χ4v) is 2.63. The maximum atomic E-state index is 12.3. The highest BCUT2D eigenvalue weighted by molar-refractivity contribution is 6.31. The number of methoxy groups -OCH3 is 1. The van der Waals surface area contributed by atoms with Gasteiger partial charge in [-0.25, -0.2) is 0 Å². The first kappa shape index (κ1) is 21.3. The van der Waals surface area contributed by atoms with Crippen molar-refractivity contribution in [2.45, 2.75) is 6.92 Å². The number of ether oxygens (including phenoxy) is 2. The van der Waals surface area contributed by atoms with Crippen molar-refractivity contribution < 1.29 is 19.1 Å². The van der Waals surface area contributed by atoms with Gasteiger partial charge in [-0.1, -0.05) is 29.8 Å². The van der Waals surface area contributed by atoms with Crippen LogP contribution in [0.3, 0.4) is 0 Å². The van der Waals surface area contributed by atoms with E-state index in [1.165, 1.54) is 18.1 Å². The molecule has 0 bridgehead atoms. The molecule has 28 heavy (non-hydrogen) atoms. The van der Waals surface area contributed by atoms with E-state index in [0.717, 1.165) is 5.56 Å². The van der Waals surface area contributed by atoms with E-state index in [-0.39, 0.29) is 18.4 Å². The fraction of sp³-hybridized carbons (Fsp3) is 0.238. The van der Waals surface area contributed by atoms with E-state index in [0.29, 0.717) is 28.8 Å². The van der Waals surface area contributed by atoms with Gasteiger partial charge in [0.2, 0.25) is 11.8 Å². The van der Waals surface area contributed by atoms with Crippen molar-refractivity contribution >= 4 is 35.2 Å². The van der Waals surface area contributed by atoms with E-state index in [9.17, 15) is 9.59 Å². The minimum atomic E-state index is -0.362. The van der Waals surface area contributed by atoms with Crippen molar-refractivity contribution in [2.24, 2.45) is 0 Å². The molecule has 0 saturated carbocycles. The maximum absolute atomic E-state index is 12.3. The molecule has 0 heterocycles. The Hall–Kier alpha value is -2.99. The van der Waals surface area contributed by atoms with Gasteiger partial charge >= 0.3 is 0 Å². The zero-order chi connectivity index (χ0) is 20.5. The molecule has 0 saturated heterocycles. The number of rotatable bonds is 8. The van der Waals surface area contributed by atoms with Crippen LogP contribution in [0.4, 0.5) is 5.69 Å². The van der Waals surface area contributed by atoms with Gasteiger partial charge in [0, 0.05) is 23.7 Å². The molecule has 0 fully saturated rings. The lowest BCUT2D eigenvalue weighted by molar-refractivity contribution is -0.129. The number of amides is 2. The predicted octanol–water partition coefficient (Wildman–Crippen LogP) is 3.86. The third-order valence-electron chi connectivity index (χ3n) is 3.82. The summed E-state index contributed by atoms with van der Waals surface area (Å²) in [6.45, 7) is 2.31. The van der Waals surface area contributed by atoms with Crippen LogP contribution < -0.4 is 14.8 Å². The van der Waals surface area contributed by atoms with Gasteiger partial charge in [0.25, 0.3) is 0 Å². The summed E-state index contributed by atoms with van der Waals surface area (Å²) in [6, 6.07) is 12.3. The fourth-order valence-electron chi connectivity index (χ4n) is 2.45. The molecule has 2 rings (SSSR count). The Balaban J connectivity index is 1.99. The number of carbonyl (C=O) groups excluding carboxylic acids is 2. The Kier molecular flexibility index (Phi) is 7.89. The number of benzene rings is 2. The number of hydrogen-bond acceptors (Lipinski definition) is 4. The third kappa shape index (κ3) is 6.03. The molecule has 0 radical (unpaired) electrons. The Labute approximate surface area is 169 Å². The minimum absolute atomic E-state index is 0.119. The first-order valence-electron chi connectivity index (χ1n) is 8.73. The number of carbonyl (C=O) groups is 2. The second-order valence-electron chi connectivity index (χ2n) is 5.89. The van der Waals surface area contributed by atoms with Gasteiger partial charge < -0.3 is 19.7 Å². The molecule has 0 atom stereocenters. The zero-order valence-electron chi connectivity index (χ0n) is 16.1. The van der Waals surface area contributed by atoms with E-state index in [1.807, 2.05) is 31.2 Å². The predicted molar refractivity (Wildman–Crippen MR) is 111 cm³/mol. The van der Waals surface area contributed by atoms with Gasteiger partial charge in [-0.2, -0.15) is 0 Å². The summed E-state index contributed by atoms with van der Waals surface area (Å²) in [4.78, 5) is 25.9. The van der Waals surface area contributed by atoms with Crippen molar-refractivity contribution in [3.8, 4) is 11.5 Å². The van der Waals surface area contributed by atoms with Gasteiger partial charge in [-0.15, -0.1) is 0 Å².